The van der Waals surface area contributed by atoms with Gasteiger partial charge in [-0.15, -0.1) is 0 Å². The second kappa shape index (κ2) is 7.18. The zero-order chi connectivity index (χ0) is 20.0. The predicted molar refractivity (Wildman–Crippen MR) is 105 cm³/mol. The van der Waals surface area contributed by atoms with Gasteiger partial charge >= 0.3 is 0 Å². The van der Waals surface area contributed by atoms with Crippen LogP contribution in [-0.2, 0) is 6.54 Å². The van der Waals surface area contributed by atoms with Crippen LogP contribution in [0.15, 0.2) is 36.8 Å². The third kappa shape index (κ3) is 3.17. The van der Waals surface area contributed by atoms with Crippen molar-refractivity contribution in [1.82, 2.24) is 30.8 Å². The molecule has 0 spiro atoms. The normalized spacial score (nSPS) is 18.4. The number of hydrogen-bond donors (Lipinski definition) is 4. The van der Waals surface area contributed by atoms with E-state index in [1.54, 1.807) is 19.3 Å². The van der Waals surface area contributed by atoms with Crippen molar-refractivity contribution < 1.29 is 8.78 Å². The van der Waals surface area contributed by atoms with Crippen molar-refractivity contribution in [2.75, 3.05) is 25.6 Å². The lowest BCUT2D eigenvalue weighted by molar-refractivity contribution is 0.318. The summed E-state index contributed by atoms with van der Waals surface area (Å²) in [6.07, 6.45) is 5.42. The highest BCUT2D eigenvalue weighted by molar-refractivity contribution is 5.68. The maximum absolute atomic E-state index is 14.7. The van der Waals surface area contributed by atoms with Gasteiger partial charge in [0.15, 0.2) is 0 Å². The lowest BCUT2D eigenvalue weighted by atomic mass is 9.99. The highest BCUT2D eigenvalue weighted by Crippen LogP contribution is 2.36. The fourth-order valence-corrected chi connectivity index (χ4v) is 3.78. The summed E-state index contributed by atoms with van der Waals surface area (Å²) in [5.41, 5.74) is 9.63. The van der Waals surface area contributed by atoms with Crippen LogP contribution in [0.3, 0.4) is 0 Å². The average molecular weight is 397 g/mol. The lowest BCUT2D eigenvalue weighted by Crippen LogP contribution is -2.43. The Kier molecular flexibility index (Phi) is 4.50. The van der Waals surface area contributed by atoms with Gasteiger partial charge < -0.3 is 16.1 Å². The van der Waals surface area contributed by atoms with E-state index in [1.165, 1.54) is 12.1 Å². The maximum atomic E-state index is 14.7. The standard InChI is InChI=1S/C20H21F2N7/c1-23-5-11-2-15(21)19(16(22)3-11)17-4-14-18(9-25-17)27-28-20(14)12-6-26-29(10-12)13-7-24-8-13/h2-4,6,9-10,13,20,23-24,27-28H,5,7-8H2,1H3. The molecule has 2 aliphatic heterocycles. The number of rotatable bonds is 5. The number of hydrogen-bond acceptors (Lipinski definition) is 6. The molecule has 0 amide bonds. The number of halogens is 2. The smallest absolute Gasteiger partial charge is 0.135 e. The van der Waals surface area contributed by atoms with Crippen molar-refractivity contribution >= 4 is 5.69 Å². The SMILES string of the molecule is CNCc1cc(F)c(-c2cc3c(cn2)NNC3c2cnn(C3CNC3)c2)c(F)c1. The Morgan fingerprint density at radius 2 is 1.97 bits per heavy atom. The molecule has 1 atom stereocenters. The fourth-order valence-electron chi connectivity index (χ4n) is 3.78. The number of nitrogens with zero attached hydrogens (tertiary/aromatic N) is 3. The second-order valence-electron chi connectivity index (χ2n) is 7.39. The lowest BCUT2D eigenvalue weighted by Gasteiger charge is -2.27. The van der Waals surface area contributed by atoms with E-state index in [0.717, 1.165) is 29.9 Å². The first-order valence-electron chi connectivity index (χ1n) is 9.53. The molecule has 4 N–H and O–H groups in total. The van der Waals surface area contributed by atoms with E-state index < -0.39 is 11.6 Å². The van der Waals surface area contributed by atoms with Gasteiger partial charge in [-0.2, -0.15) is 5.10 Å². The van der Waals surface area contributed by atoms with Gasteiger partial charge in [-0.1, -0.05) is 0 Å². The van der Waals surface area contributed by atoms with Crippen molar-refractivity contribution in [2.24, 2.45) is 0 Å². The van der Waals surface area contributed by atoms with E-state index >= 15 is 0 Å². The molecule has 4 heterocycles. The number of hydrazine groups is 1. The van der Waals surface area contributed by atoms with Gasteiger partial charge in [0.05, 0.1) is 41.4 Å². The van der Waals surface area contributed by atoms with Crippen molar-refractivity contribution in [3.8, 4) is 11.3 Å². The summed E-state index contributed by atoms with van der Waals surface area (Å²) in [7, 11) is 1.73. The molecule has 1 fully saturated rings. The second-order valence-corrected chi connectivity index (χ2v) is 7.39. The summed E-state index contributed by atoms with van der Waals surface area (Å²) >= 11 is 0. The minimum Gasteiger partial charge on any atom is -0.319 e. The maximum Gasteiger partial charge on any atom is 0.135 e. The first-order chi connectivity index (χ1) is 14.1. The van der Waals surface area contributed by atoms with Crippen LogP contribution in [0.5, 0.6) is 0 Å². The average Bonchev–Trinajstić information content (AvgIpc) is 3.26. The molecule has 9 heteroatoms. The topological polar surface area (TPSA) is 78.8 Å². The molecule has 0 radical (unpaired) electrons. The molecule has 3 aromatic rings. The molecule has 1 saturated heterocycles. The van der Waals surface area contributed by atoms with E-state index in [2.05, 4.69) is 31.6 Å². The first-order valence-corrected chi connectivity index (χ1v) is 9.53. The molecule has 1 aromatic carbocycles. The number of anilines is 1. The summed E-state index contributed by atoms with van der Waals surface area (Å²) in [4.78, 5) is 4.27. The molecule has 0 saturated carbocycles. The summed E-state index contributed by atoms with van der Waals surface area (Å²) in [6.45, 7) is 2.20. The summed E-state index contributed by atoms with van der Waals surface area (Å²) in [5.74, 6) is -1.24. The number of aromatic nitrogens is 3. The van der Waals surface area contributed by atoms with Gasteiger partial charge in [-0.05, 0) is 30.8 Å². The van der Waals surface area contributed by atoms with Crippen LogP contribution >= 0.6 is 0 Å². The molecule has 0 bridgehead atoms. The minimum absolute atomic E-state index is 0.116. The van der Waals surface area contributed by atoms with Gasteiger partial charge in [-0.25, -0.2) is 14.2 Å². The molecule has 2 aliphatic rings. The van der Waals surface area contributed by atoms with Crippen LogP contribution in [0.2, 0.25) is 0 Å². The molecule has 5 rings (SSSR count). The van der Waals surface area contributed by atoms with E-state index in [1.807, 2.05) is 17.1 Å². The first kappa shape index (κ1) is 18.2. The van der Waals surface area contributed by atoms with E-state index in [4.69, 9.17) is 0 Å². The zero-order valence-corrected chi connectivity index (χ0v) is 15.8. The van der Waals surface area contributed by atoms with Gasteiger partial charge in [0.2, 0.25) is 0 Å². The van der Waals surface area contributed by atoms with Crippen molar-refractivity contribution in [1.29, 1.82) is 0 Å². The molecular weight excluding hydrogens is 376 g/mol. The molecule has 2 aromatic heterocycles. The Labute approximate surface area is 166 Å². The Hall–Kier alpha value is -2.88. The Balaban J connectivity index is 1.50. The largest absolute Gasteiger partial charge is 0.319 e. The number of fused-ring (bicyclic) bond motifs is 1. The van der Waals surface area contributed by atoms with Crippen LogP contribution in [0, 0.1) is 11.6 Å². The molecule has 1 unspecified atom stereocenters. The van der Waals surface area contributed by atoms with Crippen LogP contribution < -0.4 is 21.5 Å². The molecule has 7 nitrogen and oxygen atoms in total. The van der Waals surface area contributed by atoms with Crippen LogP contribution in [-0.4, -0.2) is 34.9 Å². The van der Waals surface area contributed by atoms with Crippen LogP contribution in [0.1, 0.15) is 28.8 Å². The van der Waals surface area contributed by atoms with Crippen molar-refractivity contribution in [2.45, 2.75) is 18.6 Å². The summed E-state index contributed by atoms with van der Waals surface area (Å²) in [5, 5.41) is 10.6. The van der Waals surface area contributed by atoms with Crippen molar-refractivity contribution in [3.05, 3.63) is 65.1 Å². The van der Waals surface area contributed by atoms with Gasteiger partial charge in [0.1, 0.15) is 11.6 Å². The van der Waals surface area contributed by atoms with Gasteiger partial charge in [0, 0.05) is 37.0 Å². The quantitative estimate of drug-likeness (QED) is 0.528. The van der Waals surface area contributed by atoms with Gasteiger partial charge in [-0.3, -0.25) is 9.67 Å². The Morgan fingerprint density at radius 1 is 1.17 bits per heavy atom. The van der Waals surface area contributed by atoms with E-state index in [-0.39, 0.29) is 17.3 Å². The number of benzene rings is 1. The Bertz CT molecular complexity index is 1040. The zero-order valence-electron chi connectivity index (χ0n) is 15.8. The van der Waals surface area contributed by atoms with Crippen molar-refractivity contribution in [3.63, 3.8) is 0 Å². The monoisotopic (exact) mass is 397 g/mol. The third-order valence-electron chi connectivity index (χ3n) is 5.43. The molecule has 0 aliphatic carbocycles. The predicted octanol–water partition coefficient (Wildman–Crippen LogP) is 2.11. The highest BCUT2D eigenvalue weighted by atomic mass is 19.1. The Morgan fingerprint density at radius 3 is 2.66 bits per heavy atom. The van der Waals surface area contributed by atoms with Crippen LogP contribution in [0.4, 0.5) is 14.5 Å². The minimum atomic E-state index is -0.622. The van der Waals surface area contributed by atoms with E-state index in [9.17, 15) is 8.78 Å². The molecule has 29 heavy (non-hydrogen) atoms. The summed E-state index contributed by atoms with van der Waals surface area (Å²) < 4.78 is 31.3. The molecule has 150 valence electrons. The molecular formula is C20H21F2N7. The number of nitrogens with one attached hydrogen (secondary N) is 4. The van der Waals surface area contributed by atoms with Gasteiger partial charge in [0.25, 0.3) is 0 Å². The highest BCUT2D eigenvalue weighted by Gasteiger charge is 2.28. The summed E-state index contributed by atoms with van der Waals surface area (Å²) in [6, 6.07) is 4.60. The van der Waals surface area contributed by atoms with E-state index in [0.29, 0.717) is 18.2 Å². The fraction of sp³-hybridized carbons (Fsp3) is 0.300. The van der Waals surface area contributed by atoms with Crippen LogP contribution in [0.25, 0.3) is 11.3 Å². The number of pyridine rings is 1. The third-order valence-corrected chi connectivity index (χ3v) is 5.43.